The molecule has 0 spiro atoms. The van der Waals surface area contributed by atoms with Crippen LogP contribution in [0.25, 0.3) is 0 Å². The second-order valence-electron chi connectivity index (χ2n) is 4.56. The molecule has 0 radical (unpaired) electrons. The maximum absolute atomic E-state index is 12.9. The van der Waals surface area contributed by atoms with Gasteiger partial charge in [0, 0.05) is 6.42 Å². The standard InChI is InChI=1S/C14H20F2N2O/c1-2-11(12-6-4-3-5-7-12)8-13(19)18-10-14(15,16)9-17/h3-7,11H,2,8-10,17H2,1H3,(H,18,19). The molecule has 3 nitrogen and oxygen atoms in total. The van der Waals surface area contributed by atoms with Gasteiger partial charge < -0.3 is 11.1 Å². The predicted octanol–water partition coefficient (Wildman–Crippen LogP) is 2.28. The molecule has 0 saturated carbocycles. The smallest absolute Gasteiger partial charge is 0.277 e. The molecule has 5 heteroatoms. The van der Waals surface area contributed by atoms with Gasteiger partial charge in [0.15, 0.2) is 0 Å². The first kappa shape index (κ1) is 15.6. The number of amides is 1. The Morgan fingerprint density at radius 1 is 1.37 bits per heavy atom. The molecule has 0 heterocycles. The third-order valence-electron chi connectivity index (χ3n) is 3.04. The van der Waals surface area contributed by atoms with E-state index in [1.165, 1.54) is 0 Å². The average Bonchev–Trinajstić information content (AvgIpc) is 2.43. The molecule has 19 heavy (non-hydrogen) atoms. The number of hydrogen-bond acceptors (Lipinski definition) is 2. The highest BCUT2D eigenvalue weighted by Crippen LogP contribution is 2.22. The van der Waals surface area contributed by atoms with Crippen LogP contribution in [0.5, 0.6) is 0 Å². The number of hydrogen-bond donors (Lipinski definition) is 2. The first-order valence-corrected chi connectivity index (χ1v) is 6.38. The summed E-state index contributed by atoms with van der Waals surface area (Å²) in [4.78, 5) is 11.7. The largest absolute Gasteiger partial charge is 0.350 e. The quantitative estimate of drug-likeness (QED) is 0.798. The van der Waals surface area contributed by atoms with Crippen LogP contribution in [0, 0.1) is 0 Å². The summed E-state index contributed by atoms with van der Waals surface area (Å²) in [5.41, 5.74) is 5.96. The van der Waals surface area contributed by atoms with E-state index in [2.05, 4.69) is 5.32 Å². The van der Waals surface area contributed by atoms with Crippen molar-refractivity contribution in [2.24, 2.45) is 5.73 Å². The molecule has 106 valence electrons. The van der Waals surface area contributed by atoms with Crippen molar-refractivity contribution in [2.45, 2.75) is 31.6 Å². The van der Waals surface area contributed by atoms with E-state index < -0.39 is 19.0 Å². The summed E-state index contributed by atoms with van der Waals surface area (Å²) in [5, 5.41) is 2.24. The minimum Gasteiger partial charge on any atom is -0.350 e. The fourth-order valence-electron chi connectivity index (χ4n) is 1.82. The van der Waals surface area contributed by atoms with Crippen molar-refractivity contribution in [3.8, 4) is 0 Å². The average molecular weight is 270 g/mol. The van der Waals surface area contributed by atoms with E-state index in [-0.39, 0.29) is 18.2 Å². The van der Waals surface area contributed by atoms with Crippen molar-refractivity contribution in [3.05, 3.63) is 35.9 Å². The Hall–Kier alpha value is -1.49. The molecule has 0 aliphatic heterocycles. The lowest BCUT2D eigenvalue weighted by atomic mass is 9.93. The molecule has 1 aromatic carbocycles. The highest BCUT2D eigenvalue weighted by atomic mass is 19.3. The lowest BCUT2D eigenvalue weighted by molar-refractivity contribution is -0.123. The third-order valence-corrected chi connectivity index (χ3v) is 3.04. The van der Waals surface area contributed by atoms with Crippen LogP contribution in [0.4, 0.5) is 8.78 Å². The highest BCUT2D eigenvalue weighted by molar-refractivity contribution is 5.76. The van der Waals surface area contributed by atoms with Gasteiger partial charge in [0.1, 0.15) is 0 Å². The molecular weight excluding hydrogens is 250 g/mol. The Balaban J connectivity index is 2.51. The summed E-state index contributed by atoms with van der Waals surface area (Å²) in [5.74, 6) is -3.36. The van der Waals surface area contributed by atoms with E-state index in [0.29, 0.717) is 0 Å². The second kappa shape index (κ2) is 7.19. The maximum Gasteiger partial charge on any atom is 0.277 e. The SMILES string of the molecule is CCC(CC(=O)NCC(F)(F)CN)c1ccccc1. The number of carbonyl (C=O) groups excluding carboxylic acids is 1. The number of rotatable bonds is 7. The zero-order valence-electron chi connectivity index (χ0n) is 11.0. The van der Waals surface area contributed by atoms with Crippen LogP contribution in [-0.4, -0.2) is 24.9 Å². The molecule has 1 rings (SSSR count). The Kier molecular flexibility index (Phi) is 5.89. The summed E-state index contributed by atoms with van der Waals surface area (Å²) < 4.78 is 25.8. The van der Waals surface area contributed by atoms with Crippen molar-refractivity contribution in [1.29, 1.82) is 0 Å². The van der Waals surface area contributed by atoms with Crippen LogP contribution >= 0.6 is 0 Å². The van der Waals surface area contributed by atoms with Gasteiger partial charge in [-0.15, -0.1) is 0 Å². The van der Waals surface area contributed by atoms with Crippen LogP contribution in [0.2, 0.25) is 0 Å². The van der Waals surface area contributed by atoms with Gasteiger partial charge in [0.25, 0.3) is 5.92 Å². The van der Waals surface area contributed by atoms with Crippen molar-refractivity contribution in [2.75, 3.05) is 13.1 Å². The molecule has 1 unspecified atom stereocenters. The summed E-state index contributed by atoms with van der Waals surface area (Å²) in [7, 11) is 0. The molecule has 0 fully saturated rings. The fraction of sp³-hybridized carbons (Fsp3) is 0.500. The molecule has 1 aromatic rings. The monoisotopic (exact) mass is 270 g/mol. The van der Waals surface area contributed by atoms with Crippen LogP contribution in [-0.2, 0) is 4.79 Å². The molecule has 0 saturated heterocycles. The first-order chi connectivity index (χ1) is 8.98. The van der Waals surface area contributed by atoms with E-state index in [1.54, 1.807) is 0 Å². The molecule has 1 atom stereocenters. The molecular formula is C14H20F2N2O. The van der Waals surface area contributed by atoms with E-state index in [4.69, 9.17) is 5.73 Å². The maximum atomic E-state index is 12.9. The minimum absolute atomic E-state index is 0.0488. The topological polar surface area (TPSA) is 55.1 Å². The van der Waals surface area contributed by atoms with E-state index in [1.807, 2.05) is 37.3 Å². The highest BCUT2D eigenvalue weighted by Gasteiger charge is 2.27. The number of benzene rings is 1. The van der Waals surface area contributed by atoms with Crippen molar-refractivity contribution < 1.29 is 13.6 Å². The lowest BCUT2D eigenvalue weighted by Crippen LogP contribution is -2.41. The van der Waals surface area contributed by atoms with Crippen molar-refractivity contribution in [1.82, 2.24) is 5.32 Å². The van der Waals surface area contributed by atoms with Gasteiger partial charge >= 0.3 is 0 Å². The number of nitrogens with one attached hydrogen (secondary N) is 1. The fourth-order valence-corrected chi connectivity index (χ4v) is 1.82. The van der Waals surface area contributed by atoms with Crippen LogP contribution < -0.4 is 11.1 Å². The number of carbonyl (C=O) groups is 1. The third kappa shape index (κ3) is 5.34. The number of alkyl halides is 2. The van der Waals surface area contributed by atoms with E-state index >= 15 is 0 Å². The normalized spacial score (nSPS) is 13.1. The summed E-state index contributed by atoms with van der Waals surface area (Å²) in [6, 6.07) is 9.58. The summed E-state index contributed by atoms with van der Waals surface area (Å²) in [6.07, 6.45) is 0.992. The molecule has 1 amide bonds. The Morgan fingerprint density at radius 2 is 2.00 bits per heavy atom. The molecule has 0 aromatic heterocycles. The van der Waals surface area contributed by atoms with Gasteiger partial charge in [-0.1, -0.05) is 37.3 Å². The van der Waals surface area contributed by atoms with Crippen LogP contribution in [0.1, 0.15) is 31.2 Å². The van der Waals surface area contributed by atoms with Gasteiger partial charge in [-0.25, -0.2) is 8.78 Å². The molecule has 0 bridgehead atoms. The van der Waals surface area contributed by atoms with Crippen molar-refractivity contribution in [3.63, 3.8) is 0 Å². The Bertz CT molecular complexity index is 396. The van der Waals surface area contributed by atoms with Crippen LogP contribution in [0.3, 0.4) is 0 Å². The predicted molar refractivity (Wildman–Crippen MR) is 71.1 cm³/mol. The molecule has 0 aliphatic carbocycles. The van der Waals surface area contributed by atoms with E-state index in [0.717, 1.165) is 12.0 Å². The van der Waals surface area contributed by atoms with Gasteiger partial charge in [0.2, 0.25) is 5.91 Å². The van der Waals surface area contributed by atoms with Gasteiger partial charge in [-0.3, -0.25) is 4.79 Å². The summed E-state index contributed by atoms with van der Waals surface area (Å²) >= 11 is 0. The minimum atomic E-state index is -3.04. The zero-order valence-corrected chi connectivity index (χ0v) is 11.0. The molecule has 0 aliphatic rings. The van der Waals surface area contributed by atoms with Gasteiger partial charge in [-0.05, 0) is 17.9 Å². The first-order valence-electron chi connectivity index (χ1n) is 6.38. The number of halogens is 2. The second-order valence-corrected chi connectivity index (χ2v) is 4.56. The van der Waals surface area contributed by atoms with E-state index in [9.17, 15) is 13.6 Å². The van der Waals surface area contributed by atoms with Crippen LogP contribution in [0.15, 0.2) is 30.3 Å². The lowest BCUT2D eigenvalue weighted by Gasteiger charge is -2.17. The van der Waals surface area contributed by atoms with Gasteiger partial charge in [-0.2, -0.15) is 0 Å². The Morgan fingerprint density at radius 3 is 2.53 bits per heavy atom. The summed E-state index contributed by atoms with van der Waals surface area (Å²) in [6.45, 7) is 0.510. The Labute approximate surface area is 112 Å². The molecule has 3 N–H and O–H groups in total. The zero-order chi connectivity index (χ0) is 14.3. The van der Waals surface area contributed by atoms with Crippen molar-refractivity contribution >= 4 is 5.91 Å². The van der Waals surface area contributed by atoms with Gasteiger partial charge in [0.05, 0.1) is 13.1 Å². The number of nitrogens with two attached hydrogens (primary N) is 1.